The van der Waals surface area contributed by atoms with Crippen molar-refractivity contribution in [3.63, 3.8) is 0 Å². The number of hydrogen-bond donors (Lipinski definition) is 1. The van der Waals surface area contributed by atoms with Gasteiger partial charge in [0.1, 0.15) is 12.4 Å². The van der Waals surface area contributed by atoms with Gasteiger partial charge in [-0.15, -0.1) is 0 Å². The summed E-state index contributed by atoms with van der Waals surface area (Å²) in [5.74, 6) is -0.776. The molecule has 26 heavy (non-hydrogen) atoms. The van der Waals surface area contributed by atoms with Crippen LogP contribution in [0.3, 0.4) is 0 Å². The maximum Gasteiger partial charge on any atom is 0.267 e. The highest BCUT2D eigenvalue weighted by atomic mass is 79.9. The molecule has 0 spiro atoms. The highest BCUT2D eigenvalue weighted by molar-refractivity contribution is 9.10. The fraction of sp³-hybridized carbons (Fsp3) is 0.105. The molecule has 3 aromatic rings. The number of amides is 1. The van der Waals surface area contributed by atoms with Gasteiger partial charge < -0.3 is 5.32 Å². The first-order chi connectivity index (χ1) is 12.5. The van der Waals surface area contributed by atoms with E-state index in [9.17, 15) is 14.0 Å². The Balaban J connectivity index is 1.70. The average Bonchev–Trinajstić information content (AvgIpc) is 2.62. The van der Waals surface area contributed by atoms with Crippen LogP contribution in [0.2, 0.25) is 0 Å². The van der Waals surface area contributed by atoms with Crippen molar-refractivity contribution in [1.29, 1.82) is 0 Å². The van der Waals surface area contributed by atoms with Crippen LogP contribution in [0, 0.1) is 5.82 Å². The van der Waals surface area contributed by atoms with E-state index in [1.165, 1.54) is 18.2 Å². The molecule has 0 saturated heterocycles. The molecule has 1 N–H and O–H groups in total. The Bertz CT molecular complexity index is 969. The molecule has 1 aromatic heterocycles. The van der Waals surface area contributed by atoms with E-state index in [-0.39, 0.29) is 24.6 Å². The predicted octanol–water partition coefficient (Wildman–Crippen LogP) is 3.13. The maximum absolute atomic E-state index is 13.4. The van der Waals surface area contributed by atoms with E-state index >= 15 is 0 Å². The van der Waals surface area contributed by atoms with Crippen LogP contribution in [-0.4, -0.2) is 15.7 Å². The van der Waals surface area contributed by atoms with E-state index in [0.29, 0.717) is 15.7 Å². The number of hydrogen-bond acceptors (Lipinski definition) is 3. The van der Waals surface area contributed by atoms with Crippen molar-refractivity contribution in [2.45, 2.75) is 13.1 Å². The monoisotopic (exact) mass is 415 g/mol. The molecule has 2 aromatic carbocycles. The van der Waals surface area contributed by atoms with Gasteiger partial charge in [0.25, 0.3) is 5.56 Å². The van der Waals surface area contributed by atoms with E-state index in [0.717, 1.165) is 10.2 Å². The molecule has 0 aliphatic heterocycles. The molecule has 0 saturated carbocycles. The first-order valence-electron chi connectivity index (χ1n) is 7.86. The number of nitrogens with one attached hydrogen (secondary N) is 1. The Kier molecular flexibility index (Phi) is 5.58. The van der Waals surface area contributed by atoms with Gasteiger partial charge in [0.05, 0.1) is 5.69 Å². The third-order valence-corrected chi connectivity index (χ3v) is 4.10. The van der Waals surface area contributed by atoms with Gasteiger partial charge in [-0.3, -0.25) is 9.59 Å². The third kappa shape index (κ3) is 4.64. The van der Waals surface area contributed by atoms with Crippen LogP contribution in [0.25, 0.3) is 11.3 Å². The molecule has 0 radical (unpaired) electrons. The minimum absolute atomic E-state index is 0.155. The number of benzene rings is 2. The van der Waals surface area contributed by atoms with Gasteiger partial charge in [-0.25, -0.2) is 9.07 Å². The molecular weight excluding hydrogens is 401 g/mol. The smallest absolute Gasteiger partial charge is 0.267 e. The van der Waals surface area contributed by atoms with Gasteiger partial charge in [-0.1, -0.05) is 46.3 Å². The van der Waals surface area contributed by atoms with Crippen molar-refractivity contribution in [1.82, 2.24) is 15.1 Å². The van der Waals surface area contributed by atoms with Crippen LogP contribution in [0.4, 0.5) is 4.39 Å². The SMILES string of the molecule is O=C(Cn1nc(-c2ccccc2)ccc1=O)NCc1cc(F)cc(Br)c1. The zero-order valence-corrected chi connectivity index (χ0v) is 15.2. The highest BCUT2D eigenvalue weighted by Crippen LogP contribution is 2.15. The summed E-state index contributed by atoms with van der Waals surface area (Å²) < 4.78 is 15.1. The number of halogens is 2. The zero-order valence-electron chi connectivity index (χ0n) is 13.7. The molecule has 1 amide bonds. The van der Waals surface area contributed by atoms with E-state index in [1.807, 2.05) is 30.3 Å². The topological polar surface area (TPSA) is 64.0 Å². The molecule has 0 atom stereocenters. The highest BCUT2D eigenvalue weighted by Gasteiger charge is 2.08. The minimum atomic E-state index is -0.392. The molecule has 7 heteroatoms. The van der Waals surface area contributed by atoms with Gasteiger partial charge in [-0.05, 0) is 29.8 Å². The van der Waals surface area contributed by atoms with Gasteiger partial charge in [0.15, 0.2) is 0 Å². The van der Waals surface area contributed by atoms with Crippen LogP contribution >= 0.6 is 15.9 Å². The van der Waals surface area contributed by atoms with Gasteiger partial charge in [0, 0.05) is 22.6 Å². The Morgan fingerprint density at radius 3 is 2.62 bits per heavy atom. The quantitative estimate of drug-likeness (QED) is 0.695. The summed E-state index contributed by atoms with van der Waals surface area (Å²) >= 11 is 3.21. The molecule has 3 rings (SSSR count). The van der Waals surface area contributed by atoms with Crippen LogP contribution < -0.4 is 10.9 Å². The Morgan fingerprint density at radius 2 is 1.88 bits per heavy atom. The standard InChI is InChI=1S/C19H15BrFN3O2/c20-15-8-13(9-16(21)10-15)11-22-18(25)12-24-19(26)7-6-17(23-24)14-4-2-1-3-5-14/h1-10H,11-12H2,(H,22,25). The fourth-order valence-corrected chi connectivity index (χ4v) is 2.94. The first kappa shape index (κ1) is 18.0. The molecule has 0 unspecified atom stereocenters. The molecule has 5 nitrogen and oxygen atoms in total. The molecular formula is C19H15BrFN3O2. The summed E-state index contributed by atoms with van der Waals surface area (Å²) in [6, 6.07) is 16.8. The second kappa shape index (κ2) is 8.05. The fourth-order valence-electron chi connectivity index (χ4n) is 2.43. The summed E-state index contributed by atoms with van der Waals surface area (Å²) in [6.07, 6.45) is 0. The lowest BCUT2D eigenvalue weighted by Crippen LogP contribution is -2.33. The summed E-state index contributed by atoms with van der Waals surface area (Å²) in [5, 5.41) is 6.90. The summed E-state index contributed by atoms with van der Waals surface area (Å²) in [7, 11) is 0. The van der Waals surface area contributed by atoms with Crippen LogP contribution in [0.5, 0.6) is 0 Å². The van der Waals surface area contributed by atoms with Gasteiger partial charge >= 0.3 is 0 Å². The summed E-state index contributed by atoms with van der Waals surface area (Å²) in [4.78, 5) is 24.1. The van der Waals surface area contributed by atoms with Crippen molar-refractivity contribution in [3.05, 3.63) is 86.9 Å². The van der Waals surface area contributed by atoms with Crippen LogP contribution in [-0.2, 0) is 17.9 Å². The number of carbonyl (C=O) groups is 1. The summed E-state index contributed by atoms with van der Waals surface area (Å²) in [5.41, 5.74) is 1.70. The van der Waals surface area contributed by atoms with Crippen molar-refractivity contribution in [2.24, 2.45) is 0 Å². The second-order valence-corrected chi connectivity index (χ2v) is 6.55. The van der Waals surface area contributed by atoms with E-state index in [1.54, 1.807) is 12.1 Å². The number of carbonyl (C=O) groups excluding carboxylic acids is 1. The number of rotatable bonds is 5. The Hall–Kier alpha value is -2.80. The molecule has 1 heterocycles. The van der Waals surface area contributed by atoms with E-state index in [4.69, 9.17) is 0 Å². The van der Waals surface area contributed by atoms with Crippen LogP contribution in [0.15, 0.2) is 69.9 Å². The largest absolute Gasteiger partial charge is 0.350 e. The maximum atomic E-state index is 13.4. The first-order valence-corrected chi connectivity index (χ1v) is 8.66. The summed E-state index contributed by atoms with van der Waals surface area (Å²) in [6.45, 7) is -0.0572. The molecule has 0 bridgehead atoms. The number of aromatic nitrogens is 2. The lowest BCUT2D eigenvalue weighted by Gasteiger charge is -2.09. The average molecular weight is 416 g/mol. The molecule has 0 aliphatic rings. The van der Waals surface area contributed by atoms with Crippen molar-refractivity contribution >= 4 is 21.8 Å². The normalized spacial score (nSPS) is 10.5. The Labute approximate surface area is 157 Å². The van der Waals surface area contributed by atoms with E-state index in [2.05, 4.69) is 26.3 Å². The minimum Gasteiger partial charge on any atom is -0.350 e. The third-order valence-electron chi connectivity index (χ3n) is 3.64. The van der Waals surface area contributed by atoms with E-state index < -0.39 is 5.82 Å². The molecule has 0 aliphatic carbocycles. The zero-order chi connectivity index (χ0) is 18.5. The lowest BCUT2D eigenvalue weighted by molar-refractivity contribution is -0.122. The lowest BCUT2D eigenvalue weighted by atomic mass is 10.1. The van der Waals surface area contributed by atoms with Crippen LogP contribution in [0.1, 0.15) is 5.56 Å². The van der Waals surface area contributed by atoms with Crippen molar-refractivity contribution in [2.75, 3.05) is 0 Å². The number of nitrogens with zero attached hydrogens (tertiary/aromatic N) is 2. The second-order valence-electron chi connectivity index (χ2n) is 5.63. The predicted molar refractivity (Wildman–Crippen MR) is 99.9 cm³/mol. The van der Waals surface area contributed by atoms with Gasteiger partial charge in [-0.2, -0.15) is 5.10 Å². The molecule has 0 fully saturated rings. The molecule has 132 valence electrons. The van der Waals surface area contributed by atoms with Crippen molar-refractivity contribution < 1.29 is 9.18 Å². The van der Waals surface area contributed by atoms with Gasteiger partial charge in [0.2, 0.25) is 5.91 Å². The Morgan fingerprint density at radius 1 is 1.12 bits per heavy atom. The van der Waals surface area contributed by atoms with Crippen molar-refractivity contribution in [3.8, 4) is 11.3 Å².